The molecule has 0 bridgehead atoms. The number of aryl methyl sites for hydroxylation is 1. The van der Waals surface area contributed by atoms with Gasteiger partial charge in [0.2, 0.25) is 0 Å². The van der Waals surface area contributed by atoms with Gasteiger partial charge in [-0.1, -0.05) is 24.3 Å². The van der Waals surface area contributed by atoms with Crippen LogP contribution in [0, 0.1) is 0 Å². The molecule has 120 valence electrons. The van der Waals surface area contributed by atoms with Gasteiger partial charge in [-0.05, 0) is 49.6 Å². The Bertz CT molecular complexity index is 858. The van der Waals surface area contributed by atoms with E-state index in [1.54, 1.807) is 17.0 Å². The molecule has 1 aliphatic heterocycles. The second kappa shape index (κ2) is 5.81. The van der Waals surface area contributed by atoms with E-state index < -0.39 is 9.84 Å². The van der Waals surface area contributed by atoms with Gasteiger partial charge in [-0.3, -0.25) is 4.79 Å². The quantitative estimate of drug-likeness (QED) is 0.851. The van der Waals surface area contributed by atoms with Gasteiger partial charge in [0.25, 0.3) is 5.91 Å². The average molecular weight is 329 g/mol. The van der Waals surface area contributed by atoms with Crippen LogP contribution < -0.4 is 4.90 Å². The third kappa shape index (κ3) is 3.01. The highest BCUT2D eigenvalue weighted by Gasteiger charge is 2.29. The van der Waals surface area contributed by atoms with E-state index in [-0.39, 0.29) is 16.8 Å². The van der Waals surface area contributed by atoms with E-state index in [9.17, 15) is 13.2 Å². The van der Waals surface area contributed by atoms with Crippen molar-refractivity contribution >= 4 is 21.4 Å². The predicted octanol–water partition coefficient (Wildman–Crippen LogP) is 3.07. The fourth-order valence-electron chi connectivity index (χ4n) is 3.00. The molecule has 2 aromatic carbocycles. The van der Waals surface area contributed by atoms with Crippen molar-refractivity contribution in [1.29, 1.82) is 0 Å². The lowest BCUT2D eigenvalue weighted by atomic mass is 9.96. The Balaban J connectivity index is 2.04. The largest absolute Gasteiger partial charge is 0.305 e. The number of carbonyl (C=O) groups is 1. The van der Waals surface area contributed by atoms with Crippen molar-refractivity contribution in [3.05, 3.63) is 59.7 Å². The van der Waals surface area contributed by atoms with Gasteiger partial charge in [0.1, 0.15) is 0 Å². The summed E-state index contributed by atoms with van der Waals surface area (Å²) < 4.78 is 23.4. The number of carbonyl (C=O) groups excluding carboxylic acids is 1. The van der Waals surface area contributed by atoms with E-state index in [1.165, 1.54) is 12.1 Å². The summed E-state index contributed by atoms with van der Waals surface area (Å²) in [7, 11) is -3.33. The number of anilines is 1. The maximum absolute atomic E-state index is 13.0. The maximum Gasteiger partial charge on any atom is 0.258 e. The van der Waals surface area contributed by atoms with Crippen LogP contribution in [-0.2, 0) is 16.3 Å². The number of rotatable bonds is 2. The lowest BCUT2D eigenvalue weighted by molar-refractivity contribution is 0.0975. The van der Waals surface area contributed by atoms with Gasteiger partial charge in [0, 0.05) is 23.5 Å². The second-order valence-corrected chi connectivity index (χ2v) is 8.01. The Morgan fingerprint density at radius 2 is 1.87 bits per heavy atom. The number of nitrogens with zero attached hydrogens (tertiary/aromatic N) is 1. The molecule has 0 aliphatic carbocycles. The number of amides is 1. The smallest absolute Gasteiger partial charge is 0.258 e. The highest BCUT2D eigenvalue weighted by Crippen LogP contribution is 2.32. The van der Waals surface area contributed by atoms with Crippen molar-refractivity contribution in [2.24, 2.45) is 0 Å². The van der Waals surface area contributed by atoms with Gasteiger partial charge in [-0.15, -0.1) is 0 Å². The Hall–Kier alpha value is -2.14. The van der Waals surface area contributed by atoms with Crippen LogP contribution in [0.4, 0.5) is 5.69 Å². The van der Waals surface area contributed by atoms with Gasteiger partial charge >= 0.3 is 0 Å². The van der Waals surface area contributed by atoms with Crippen LogP contribution in [0.3, 0.4) is 0 Å². The van der Waals surface area contributed by atoms with E-state index in [0.717, 1.165) is 30.3 Å². The first-order chi connectivity index (χ1) is 10.9. The SMILES string of the molecule is C[C@@H]1CCc2ccccc2N1C(=O)c1cccc(S(C)(=O)=O)c1. The van der Waals surface area contributed by atoms with Crippen LogP contribution in [0.15, 0.2) is 53.4 Å². The molecule has 1 aliphatic rings. The molecule has 0 radical (unpaired) electrons. The van der Waals surface area contributed by atoms with Crippen LogP contribution >= 0.6 is 0 Å². The summed E-state index contributed by atoms with van der Waals surface area (Å²) >= 11 is 0. The molecule has 0 saturated heterocycles. The van der Waals surface area contributed by atoms with E-state index in [4.69, 9.17) is 0 Å². The van der Waals surface area contributed by atoms with Crippen LogP contribution in [0.2, 0.25) is 0 Å². The average Bonchev–Trinajstić information content (AvgIpc) is 2.53. The van der Waals surface area contributed by atoms with Crippen LogP contribution in [0.5, 0.6) is 0 Å². The van der Waals surface area contributed by atoms with Gasteiger partial charge < -0.3 is 4.90 Å². The lowest BCUT2D eigenvalue weighted by Crippen LogP contribution is -2.42. The fourth-order valence-corrected chi connectivity index (χ4v) is 3.66. The highest BCUT2D eigenvalue weighted by molar-refractivity contribution is 7.90. The molecule has 0 spiro atoms. The maximum atomic E-state index is 13.0. The minimum absolute atomic E-state index is 0.0827. The Labute approximate surface area is 136 Å². The molecule has 2 aromatic rings. The molecule has 4 nitrogen and oxygen atoms in total. The van der Waals surface area contributed by atoms with Gasteiger partial charge in [0.05, 0.1) is 4.90 Å². The van der Waals surface area contributed by atoms with E-state index in [0.29, 0.717) is 5.56 Å². The van der Waals surface area contributed by atoms with Gasteiger partial charge in [0.15, 0.2) is 9.84 Å². The van der Waals surface area contributed by atoms with Gasteiger partial charge in [-0.25, -0.2) is 8.42 Å². The van der Waals surface area contributed by atoms with Crippen molar-refractivity contribution < 1.29 is 13.2 Å². The molecule has 1 atom stereocenters. The van der Waals surface area contributed by atoms with E-state index in [2.05, 4.69) is 0 Å². The topological polar surface area (TPSA) is 54.5 Å². The molecule has 0 saturated carbocycles. The number of benzene rings is 2. The highest BCUT2D eigenvalue weighted by atomic mass is 32.2. The van der Waals surface area contributed by atoms with E-state index in [1.807, 2.05) is 31.2 Å². The molecule has 0 N–H and O–H groups in total. The summed E-state index contributed by atoms with van der Waals surface area (Å²) in [4.78, 5) is 14.9. The standard InChI is InChI=1S/C18H19NO3S/c1-13-10-11-14-6-3-4-9-17(14)19(13)18(20)15-7-5-8-16(12-15)23(2,21)22/h3-9,12-13H,10-11H2,1-2H3/t13-/m1/s1. The molecule has 1 heterocycles. The Kier molecular flexibility index (Phi) is 3.98. The number of para-hydroxylation sites is 1. The summed E-state index contributed by atoms with van der Waals surface area (Å²) in [5, 5.41) is 0. The van der Waals surface area contributed by atoms with Crippen LogP contribution in [0.1, 0.15) is 29.3 Å². The number of fused-ring (bicyclic) bond motifs is 1. The first kappa shape index (κ1) is 15.7. The summed E-state index contributed by atoms with van der Waals surface area (Å²) in [5.74, 6) is -0.157. The van der Waals surface area contributed by atoms with Crippen molar-refractivity contribution in [2.45, 2.75) is 30.7 Å². The zero-order chi connectivity index (χ0) is 16.6. The van der Waals surface area contributed by atoms with Crippen molar-refractivity contribution in [2.75, 3.05) is 11.2 Å². The first-order valence-corrected chi connectivity index (χ1v) is 9.48. The zero-order valence-electron chi connectivity index (χ0n) is 13.2. The number of hydrogen-bond acceptors (Lipinski definition) is 3. The van der Waals surface area contributed by atoms with Gasteiger partial charge in [-0.2, -0.15) is 0 Å². The molecule has 0 unspecified atom stereocenters. The predicted molar refractivity (Wildman–Crippen MR) is 90.6 cm³/mol. The van der Waals surface area contributed by atoms with Crippen LogP contribution in [-0.4, -0.2) is 26.6 Å². The summed E-state index contributed by atoms with van der Waals surface area (Å²) in [5.41, 5.74) is 2.47. The Morgan fingerprint density at radius 1 is 1.13 bits per heavy atom. The first-order valence-electron chi connectivity index (χ1n) is 7.59. The monoisotopic (exact) mass is 329 g/mol. The molecule has 5 heteroatoms. The minimum atomic E-state index is -3.33. The zero-order valence-corrected chi connectivity index (χ0v) is 14.0. The van der Waals surface area contributed by atoms with Crippen LogP contribution in [0.25, 0.3) is 0 Å². The fraction of sp³-hybridized carbons (Fsp3) is 0.278. The summed E-state index contributed by atoms with van der Waals surface area (Å²) in [6.07, 6.45) is 2.99. The lowest BCUT2D eigenvalue weighted by Gasteiger charge is -2.35. The summed E-state index contributed by atoms with van der Waals surface area (Å²) in [6.45, 7) is 2.02. The summed E-state index contributed by atoms with van der Waals surface area (Å²) in [6, 6.07) is 14.2. The minimum Gasteiger partial charge on any atom is -0.305 e. The number of hydrogen-bond donors (Lipinski definition) is 0. The third-order valence-electron chi connectivity index (χ3n) is 4.25. The third-order valence-corrected chi connectivity index (χ3v) is 5.36. The molecular weight excluding hydrogens is 310 g/mol. The molecule has 1 amide bonds. The second-order valence-electron chi connectivity index (χ2n) is 5.99. The normalized spacial score (nSPS) is 17.7. The molecular formula is C18H19NO3S. The molecule has 0 aromatic heterocycles. The number of sulfone groups is 1. The van der Waals surface area contributed by atoms with Crippen molar-refractivity contribution in [3.63, 3.8) is 0 Å². The molecule has 23 heavy (non-hydrogen) atoms. The molecule has 3 rings (SSSR count). The van der Waals surface area contributed by atoms with Crippen molar-refractivity contribution in [3.8, 4) is 0 Å². The van der Waals surface area contributed by atoms with E-state index >= 15 is 0 Å². The molecule has 0 fully saturated rings. The Morgan fingerprint density at radius 3 is 2.61 bits per heavy atom. The van der Waals surface area contributed by atoms with Crippen molar-refractivity contribution in [1.82, 2.24) is 0 Å².